The third-order valence-electron chi connectivity index (χ3n) is 4.35. The third kappa shape index (κ3) is 3.50. The van der Waals surface area contributed by atoms with Gasteiger partial charge in [0, 0.05) is 22.2 Å². The van der Waals surface area contributed by atoms with E-state index in [1.807, 2.05) is 24.3 Å². The van der Waals surface area contributed by atoms with Gasteiger partial charge in [0.25, 0.3) is 5.91 Å². The van der Waals surface area contributed by atoms with Crippen molar-refractivity contribution in [2.75, 3.05) is 0 Å². The van der Waals surface area contributed by atoms with Crippen LogP contribution in [0.1, 0.15) is 31.9 Å². The zero-order valence-corrected chi connectivity index (χ0v) is 15.0. The van der Waals surface area contributed by atoms with Crippen molar-refractivity contribution in [1.82, 2.24) is 10.3 Å². The normalized spacial score (nSPS) is 11.9. The first kappa shape index (κ1) is 17.1. The van der Waals surface area contributed by atoms with Crippen molar-refractivity contribution >= 4 is 23.3 Å². The predicted molar refractivity (Wildman–Crippen MR) is 103 cm³/mol. The van der Waals surface area contributed by atoms with Crippen LogP contribution in [0.5, 0.6) is 0 Å². The van der Waals surface area contributed by atoms with Gasteiger partial charge in [-0.1, -0.05) is 18.2 Å². The Bertz CT molecular complexity index is 1110. The highest BCUT2D eigenvalue weighted by molar-refractivity contribution is 7.15. The van der Waals surface area contributed by atoms with Crippen molar-refractivity contribution in [2.45, 2.75) is 13.0 Å². The molecule has 0 saturated carbocycles. The number of benzene rings is 2. The molecule has 1 aromatic heterocycles. The Morgan fingerprint density at radius 1 is 1.30 bits per heavy atom. The number of thiazole rings is 1. The Hall–Kier alpha value is -3.30. The molecule has 1 heterocycles. The van der Waals surface area contributed by atoms with Gasteiger partial charge < -0.3 is 5.32 Å². The lowest BCUT2D eigenvalue weighted by Gasteiger charge is -2.06. The lowest BCUT2D eigenvalue weighted by molar-refractivity contribution is 0.0951. The number of nitrogens with one attached hydrogen (secondary N) is 1. The molecule has 27 heavy (non-hydrogen) atoms. The van der Waals surface area contributed by atoms with Gasteiger partial charge in [-0.3, -0.25) is 4.79 Å². The number of carbonyl (C=O) groups is 1. The summed E-state index contributed by atoms with van der Waals surface area (Å²) in [6.07, 6.45) is 6.61. The van der Waals surface area contributed by atoms with E-state index in [0.717, 1.165) is 22.4 Å². The Morgan fingerprint density at radius 3 is 3.00 bits per heavy atom. The highest BCUT2D eigenvalue weighted by atomic mass is 32.1. The molecule has 2 aromatic carbocycles. The van der Waals surface area contributed by atoms with E-state index >= 15 is 0 Å². The first-order valence-electron chi connectivity index (χ1n) is 8.36. The SMILES string of the molecule is N#Cc1ccc(-c2ncc(CNC(=O)c3ccc4c(c3)CC=C4)s2)c(F)c1. The molecule has 0 unspecified atom stereocenters. The Kier molecular flexibility index (Phi) is 4.53. The molecule has 0 fully saturated rings. The Morgan fingerprint density at radius 2 is 2.19 bits per heavy atom. The number of carbonyl (C=O) groups excluding carboxylic acids is 1. The molecule has 1 amide bonds. The minimum absolute atomic E-state index is 0.149. The molecule has 6 heteroatoms. The quantitative estimate of drug-likeness (QED) is 0.738. The highest BCUT2D eigenvalue weighted by Gasteiger charge is 2.13. The van der Waals surface area contributed by atoms with Crippen LogP contribution in [0, 0.1) is 17.1 Å². The van der Waals surface area contributed by atoms with Crippen LogP contribution in [0.2, 0.25) is 0 Å². The second-order valence-electron chi connectivity index (χ2n) is 6.14. The number of halogens is 1. The number of nitriles is 1. The lowest BCUT2D eigenvalue weighted by atomic mass is 10.1. The summed E-state index contributed by atoms with van der Waals surface area (Å²) in [5.41, 5.74) is 3.55. The maximum absolute atomic E-state index is 14.1. The van der Waals surface area contributed by atoms with Gasteiger partial charge in [-0.15, -0.1) is 11.3 Å². The fraction of sp³-hybridized carbons (Fsp3) is 0.0952. The van der Waals surface area contributed by atoms with Gasteiger partial charge >= 0.3 is 0 Å². The van der Waals surface area contributed by atoms with E-state index in [-0.39, 0.29) is 11.5 Å². The molecule has 3 aromatic rings. The Labute approximate surface area is 159 Å². The van der Waals surface area contributed by atoms with Gasteiger partial charge in [-0.2, -0.15) is 5.26 Å². The van der Waals surface area contributed by atoms with Crippen molar-refractivity contribution in [3.05, 3.63) is 81.6 Å². The van der Waals surface area contributed by atoms with Crippen LogP contribution in [-0.4, -0.2) is 10.9 Å². The van der Waals surface area contributed by atoms with Gasteiger partial charge in [0.05, 0.1) is 18.2 Å². The van der Waals surface area contributed by atoms with Crippen LogP contribution < -0.4 is 5.32 Å². The van der Waals surface area contributed by atoms with E-state index in [1.54, 1.807) is 18.3 Å². The molecule has 1 aliphatic carbocycles. The van der Waals surface area contributed by atoms with Crippen LogP contribution >= 0.6 is 11.3 Å². The minimum atomic E-state index is -0.481. The summed E-state index contributed by atoms with van der Waals surface area (Å²) in [6, 6.07) is 11.9. The summed E-state index contributed by atoms with van der Waals surface area (Å²) in [4.78, 5) is 17.4. The lowest BCUT2D eigenvalue weighted by Crippen LogP contribution is -2.22. The summed E-state index contributed by atoms with van der Waals surface area (Å²) < 4.78 is 14.1. The van der Waals surface area contributed by atoms with Crippen molar-refractivity contribution < 1.29 is 9.18 Å². The first-order valence-corrected chi connectivity index (χ1v) is 9.18. The molecule has 0 atom stereocenters. The number of rotatable bonds is 4. The topological polar surface area (TPSA) is 65.8 Å². The van der Waals surface area contributed by atoms with Gasteiger partial charge in [0.15, 0.2) is 0 Å². The number of hydrogen-bond acceptors (Lipinski definition) is 4. The van der Waals surface area contributed by atoms with Crippen molar-refractivity contribution in [1.29, 1.82) is 5.26 Å². The second kappa shape index (κ2) is 7.14. The number of allylic oxidation sites excluding steroid dienone is 1. The van der Waals surface area contributed by atoms with E-state index in [1.165, 1.54) is 17.4 Å². The van der Waals surface area contributed by atoms with E-state index in [2.05, 4.69) is 22.5 Å². The Balaban J connectivity index is 1.44. The molecule has 1 aliphatic rings. The molecule has 0 aliphatic heterocycles. The van der Waals surface area contributed by atoms with Crippen LogP contribution in [0.25, 0.3) is 16.6 Å². The van der Waals surface area contributed by atoms with Crippen LogP contribution in [-0.2, 0) is 13.0 Å². The molecule has 0 radical (unpaired) electrons. The van der Waals surface area contributed by atoms with Crippen LogP contribution in [0.15, 0.2) is 48.7 Å². The summed E-state index contributed by atoms with van der Waals surface area (Å²) in [5.74, 6) is -0.630. The standard InChI is InChI=1S/C21H14FN3OS/c22-19-8-13(10-23)4-7-18(19)21-25-12-17(27-21)11-24-20(26)16-6-5-14-2-1-3-15(14)9-16/h1-2,4-9,12H,3,11H2,(H,24,26). The number of nitrogens with zero attached hydrogens (tertiary/aromatic N) is 2. The zero-order chi connectivity index (χ0) is 18.8. The smallest absolute Gasteiger partial charge is 0.251 e. The van der Waals surface area contributed by atoms with Gasteiger partial charge in [0.2, 0.25) is 0 Å². The fourth-order valence-corrected chi connectivity index (χ4v) is 3.82. The number of aromatic nitrogens is 1. The van der Waals surface area contributed by atoms with Gasteiger partial charge in [0.1, 0.15) is 10.8 Å². The second-order valence-corrected chi connectivity index (χ2v) is 7.26. The van der Waals surface area contributed by atoms with Crippen LogP contribution in [0.3, 0.4) is 0 Å². The van der Waals surface area contributed by atoms with Crippen molar-refractivity contribution in [3.63, 3.8) is 0 Å². The number of hydrogen-bond donors (Lipinski definition) is 1. The summed E-state index contributed by atoms with van der Waals surface area (Å²) in [5, 5.41) is 12.2. The van der Waals surface area contributed by atoms with E-state index in [9.17, 15) is 9.18 Å². The first-order chi connectivity index (χ1) is 13.1. The molecule has 1 N–H and O–H groups in total. The van der Waals surface area contributed by atoms with Gasteiger partial charge in [-0.05, 0) is 47.9 Å². The monoisotopic (exact) mass is 375 g/mol. The molecule has 0 spiro atoms. The summed E-state index contributed by atoms with van der Waals surface area (Å²) >= 11 is 1.31. The molecule has 4 rings (SSSR count). The van der Waals surface area contributed by atoms with Crippen molar-refractivity contribution in [2.24, 2.45) is 0 Å². The fourth-order valence-electron chi connectivity index (χ4n) is 2.94. The number of fused-ring (bicyclic) bond motifs is 1. The molecule has 0 saturated heterocycles. The maximum atomic E-state index is 14.1. The predicted octanol–water partition coefficient (Wildman–Crippen LogP) is 4.32. The molecule has 132 valence electrons. The largest absolute Gasteiger partial charge is 0.347 e. The highest BCUT2D eigenvalue weighted by Crippen LogP contribution is 2.28. The van der Waals surface area contributed by atoms with E-state index in [4.69, 9.17) is 5.26 Å². The molecular formula is C21H14FN3OS. The third-order valence-corrected chi connectivity index (χ3v) is 5.38. The summed E-state index contributed by atoms with van der Waals surface area (Å²) in [7, 11) is 0. The average Bonchev–Trinajstić information content (AvgIpc) is 3.34. The summed E-state index contributed by atoms with van der Waals surface area (Å²) in [6.45, 7) is 0.323. The number of amides is 1. The minimum Gasteiger partial charge on any atom is -0.347 e. The van der Waals surface area contributed by atoms with Crippen LogP contribution in [0.4, 0.5) is 4.39 Å². The molecule has 4 nitrogen and oxygen atoms in total. The van der Waals surface area contributed by atoms with E-state index < -0.39 is 5.82 Å². The molecule has 0 bridgehead atoms. The average molecular weight is 375 g/mol. The van der Waals surface area contributed by atoms with E-state index in [0.29, 0.717) is 22.7 Å². The zero-order valence-electron chi connectivity index (χ0n) is 14.2. The van der Waals surface area contributed by atoms with Crippen molar-refractivity contribution in [3.8, 4) is 16.6 Å². The van der Waals surface area contributed by atoms with Gasteiger partial charge in [-0.25, -0.2) is 9.37 Å². The maximum Gasteiger partial charge on any atom is 0.251 e. The molecular weight excluding hydrogens is 361 g/mol.